The molecule has 7 rings (SSSR count). The highest BCUT2D eigenvalue weighted by Gasteiger charge is 2.40. The minimum absolute atomic E-state index is 0.0552. The van der Waals surface area contributed by atoms with E-state index in [4.69, 9.17) is 0 Å². The van der Waals surface area contributed by atoms with Crippen LogP contribution in [0.1, 0.15) is 20.9 Å². The van der Waals surface area contributed by atoms with Gasteiger partial charge in [-0.05, 0) is 43.8 Å². The quantitative estimate of drug-likeness (QED) is 0.206. The molecule has 0 N–H and O–H groups in total. The van der Waals surface area contributed by atoms with Crippen molar-refractivity contribution in [1.82, 2.24) is 0 Å². The summed E-state index contributed by atoms with van der Waals surface area (Å²) in [6.07, 6.45) is 0. The van der Waals surface area contributed by atoms with E-state index >= 15 is 0 Å². The number of rotatable bonds is 0. The normalized spacial score (nSPS) is 12.1. The summed E-state index contributed by atoms with van der Waals surface area (Å²) in [5, 5.41) is 43.8. The first-order valence-electron chi connectivity index (χ1n) is 11.5. The van der Waals surface area contributed by atoms with Crippen LogP contribution < -0.4 is 0 Å². The summed E-state index contributed by atoms with van der Waals surface area (Å²) in [5.41, 5.74) is 6.98. The van der Waals surface area contributed by atoms with Gasteiger partial charge in [0.1, 0.15) is 35.4 Å². The van der Waals surface area contributed by atoms with E-state index in [1.54, 1.807) is 0 Å². The first-order chi connectivity index (χ1) is 18.2. The van der Waals surface area contributed by atoms with Gasteiger partial charge in [0.05, 0.1) is 0 Å². The minimum atomic E-state index is 0.0552. The molecule has 0 aliphatic heterocycles. The van der Waals surface area contributed by atoms with E-state index in [2.05, 4.69) is 48.5 Å². The van der Waals surface area contributed by atoms with Crippen molar-refractivity contribution in [2.75, 3.05) is 0 Å². The van der Waals surface area contributed by atoms with Crippen LogP contribution in [0.15, 0.2) is 83.9 Å². The lowest BCUT2D eigenvalue weighted by molar-refractivity contribution is 1.46. The van der Waals surface area contributed by atoms with E-state index in [0.717, 1.165) is 64.7 Å². The molecule has 5 aromatic rings. The van der Waals surface area contributed by atoms with E-state index in [0.29, 0.717) is 11.1 Å². The van der Waals surface area contributed by atoms with Gasteiger partial charge in [0.25, 0.3) is 0 Å². The predicted molar refractivity (Wildman–Crippen MR) is 145 cm³/mol. The van der Waals surface area contributed by atoms with E-state index in [-0.39, 0.29) is 11.1 Å². The molecule has 4 aromatic carbocycles. The van der Waals surface area contributed by atoms with Gasteiger partial charge in [-0.15, -0.1) is 11.3 Å². The van der Waals surface area contributed by atoms with Gasteiger partial charge >= 0.3 is 0 Å². The minimum Gasteiger partial charge on any atom is -0.192 e. The third-order valence-electron chi connectivity index (χ3n) is 7.21. The van der Waals surface area contributed by atoms with Gasteiger partial charge in [0, 0.05) is 32.0 Å². The maximum atomic E-state index is 9.89. The monoisotopic (exact) mass is 484 g/mol. The maximum Gasteiger partial charge on any atom is 0.138 e. The summed E-state index contributed by atoms with van der Waals surface area (Å²) >= 11 is 1.46. The smallest absolute Gasteiger partial charge is 0.138 e. The number of hydrogen-bond acceptors (Lipinski definition) is 5. The summed E-state index contributed by atoms with van der Waals surface area (Å²) in [5.74, 6) is 0. The lowest BCUT2D eigenvalue weighted by Crippen LogP contribution is -1.88. The first-order valence-corrected chi connectivity index (χ1v) is 12.3. The fraction of sp³-hybridized carbons (Fsp3) is 0. The number of fused-ring (bicyclic) bond motifs is 11. The maximum absolute atomic E-state index is 9.89. The van der Waals surface area contributed by atoms with Crippen LogP contribution in [-0.4, -0.2) is 0 Å². The highest BCUT2D eigenvalue weighted by atomic mass is 32.1. The van der Waals surface area contributed by atoms with Gasteiger partial charge in [0.2, 0.25) is 0 Å². The second kappa shape index (κ2) is 7.52. The van der Waals surface area contributed by atoms with Gasteiger partial charge in [-0.25, -0.2) is 0 Å². The Labute approximate surface area is 216 Å². The van der Waals surface area contributed by atoms with Crippen molar-refractivity contribution in [1.29, 1.82) is 21.0 Å². The van der Waals surface area contributed by atoms with Crippen molar-refractivity contribution < 1.29 is 0 Å². The highest BCUT2D eigenvalue weighted by Crippen LogP contribution is 2.63. The second-order valence-electron chi connectivity index (χ2n) is 8.88. The molecule has 0 radical (unpaired) electrons. The van der Waals surface area contributed by atoms with Crippen LogP contribution in [0.5, 0.6) is 0 Å². The van der Waals surface area contributed by atoms with Crippen molar-refractivity contribution in [2.24, 2.45) is 0 Å². The molecular weight excluding hydrogens is 472 g/mol. The molecule has 0 atom stereocenters. The largest absolute Gasteiger partial charge is 0.192 e. The van der Waals surface area contributed by atoms with Crippen LogP contribution in [0.3, 0.4) is 0 Å². The SMILES string of the molecule is N#CC(C#N)=C1c2ccc3ccccc3c2-c2c1sc1c2-c2c(ccc3ccccc23)C1=C(C#N)C#N. The fourth-order valence-electron chi connectivity index (χ4n) is 5.77. The molecule has 0 bridgehead atoms. The summed E-state index contributed by atoms with van der Waals surface area (Å²) < 4.78 is 0. The molecular formula is C32H12N4S. The number of allylic oxidation sites excluding steroid dienone is 2. The molecule has 0 saturated heterocycles. The Bertz CT molecular complexity index is 1950. The molecule has 166 valence electrons. The molecule has 0 amide bonds. The third kappa shape index (κ3) is 2.56. The fourth-order valence-corrected chi connectivity index (χ4v) is 7.22. The zero-order chi connectivity index (χ0) is 25.3. The summed E-state index contributed by atoms with van der Waals surface area (Å²) in [4.78, 5) is 1.67. The Morgan fingerprint density at radius 1 is 0.486 bits per heavy atom. The van der Waals surface area contributed by atoms with Crippen molar-refractivity contribution in [3.8, 4) is 46.5 Å². The molecule has 1 aromatic heterocycles. The van der Waals surface area contributed by atoms with Crippen molar-refractivity contribution in [3.63, 3.8) is 0 Å². The molecule has 0 unspecified atom stereocenters. The Morgan fingerprint density at radius 2 is 0.892 bits per heavy atom. The van der Waals surface area contributed by atoms with Gasteiger partial charge < -0.3 is 0 Å². The van der Waals surface area contributed by atoms with E-state index in [9.17, 15) is 21.0 Å². The van der Waals surface area contributed by atoms with Gasteiger partial charge in [-0.1, -0.05) is 72.8 Å². The lowest BCUT2D eigenvalue weighted by atomic mass is 9.91. The van der Waals surface area contributed by atoms with Crippen LogP contribution in [0.4, 0.5) is 0 Å². The summed E-state index contributed by atoms with van der Waals surface area (Å²) in [6.45, 7) is 0. The van der Waals surface area contributed by atoms with Crippen LogP contribution in [0.25, 0.3) is 54.9 Å². The molecule has 4 nitrogen and oxygen atoms in total. The molecule has 2 aliphatic carbocycles. The zero-order valence-electron chi connectivity index (χ0n) is 19.1. The van der Waals surface area contributed by atoms with E-state index in [1.165, 1.54) is 11.3 Å². The Hall–Kier alpha value is -5.46. The Kier molecular flexibility index (Phi) is 4.24. The number of nitrogens with zero attached hydrogens (tertiary/aromatic N) is 4. The molecule has 5 heteroatoms. The van der Waals surface area contributed by atoms with E-state index < -0.39 is 0 Å². The number of nitriles is 4. The first kappa shape index (κ1) is 20.9. The Balaban J connectivity index is 1.76. The van der Waals surface area contributed by atoms with Crippen LogP contribution in [-0.2, 0) is 0 Å². The number of hydrogen-bond donors (Lipinski definition) is 0. The average molecular weight is 485 g/mol. The molecule has 0 fully saturated rings. The summed E-state index contributed by atoms with van der Waals surface area (Å²) in [6, 6.07) is 32.6. The standard InChI is InChI=1S/C32H12N4S/c33-13-19(14-34)25-23-11-9-17-5-1-3-7-21(17)27(23)29-30-28-22-8-4-2-6-18(22)10-12-24(28)26(20(15-35)16-36)32(30)37-31(25)29/h1-12H. The Morgan fingerprint density at radius 3 is 1.30 bits per heavy atom. The van der Waals surface area contributed by atoms with Crippen molar-refractivity contribution in [2.45, 2.75) is 0 Å². The van der Waals surface area contributed by atoms with Crippen LogP contribution in [0, 0.1) is 45.3 Å². The molecule has 37 heavy (non-hydrogen) atoms. The van der Waals surface area contributed by atoms with Gasteiger partial charge in [0.15, 0.2) is 0 Å². The number of thiophene rings is 1. The number of benzene rings is 4. The second-order valence-corrected chi connectivity index (χ2v) is 9.90. The molecule has 2 aliphatic rings. The van der Waals surface area contributed by atoms with Gasteiger partial charge in [-0.2, -0.15) is 21.0 Å². The topological polar surface area (TPSA) is 95.2 Å². The molecule has 1 heterocycles. The van der Waals surface area contributed by atoms with Crippen LogP contribution >= 0.6 is 11.3 Å². The average Bonchev–Trinajstić information content (AvgIpc) is 3.57. The van der Waals surface area contributed by atoms with E-state index in [1.807, 2.05) is 48.5 Å². The third-order valence-corrected chi connectivity index (χ3v) is 8.43. The predicted octanol–water partition coefficient (Wildman–Crippen LogP) is 7.71. The van der Waals surface area contributed by atoms with Crippen molar-refractivity contribution in [3.05, 3.63) is 105 Å². The van der Waals surface area contributed by atoms with Crippen molar-refractivity contribution >= 4 is 44.0 Å². The van der Waals surface area contributed by atoms with Gasteiger partial charge in [-0.3, -0.25) is 0 Å². The van der Waals surface area contributed by atoms with Crippen LogP contribution in [0.2, 0.25) is 0 Å². The zero-order valence-corrected chi connectivity index (χ0v) is 19.9. The lowest BCUT2D eigenvalue weighted by Gasteiger charge is -2.11. The summed E-state index contributed by atoms with van der Waals surface area (Å²) in [7, 11) is 0. The molecule has 0 spiro atoms. The molecule has 0 saturated carbocycles. The highest BCUT2D eigenvalue weighted by molar-refractivity contribution is 7.16.